The van der Waals surface area contributed by atoms with Gasteiger partial charge >= 0.3 is 0 Å². The summed E-state index contributed by atoms with van der Waals surface area (Å²) in [7, 11) is 2.13. The van der Waals surface area contributed by atoms with Gasteiger partial charge < -0.3 is 15.1 Å². The zero-order chi connectivity index (χ0) is 13.9. The van der Waals surface area contributed by atoms with E-state index in [4.69, 9.17) is 0 Å². The molecule has 0 aromatic heterocycles. The van der Waals surface area contributed by atoms with E-state index in [1.54, 1.807) is 0 Å². The highest BCUT2D eigenvalue weighted by molar-refractivity contribution is 5.82. The van der Waals surface area contributed by atoms with Crippen molar-refractivity contribution in [2.24, 2.45) is 0 Å². The molecule has 108 valence electrons. The molecule has 3 rings (SSSR count). The summed E-state index contributed by atoms with van der Waals surface area (Å²) >= 11 is 0. The third-order valence-corrected chi connectivity index (χ3v) is 4.41. The molecule has 2 atom stereocenters. The van der Waals surface area contributed by atoms with Gasteiger partial charge in [-0.2, -0.15) is 0 Å². The number of carbonyl (C=O) groups is 1. The number of likely N-dealkylation sites (N-methyl/N-ethyl adjacent to an activating group) is 1. The van der Waals surface area contributed by atoms with Crippen LogP contribution >= 0.6 is 0 Å². The molecule has 0 spiro atoms. The first-order chi connectivity index (χ1) is 9.75. The molecule has 2 fully saturated rings. The topological polar surface area (TPSA) is 35.6 Å². The van der Waals surface area contributed by atoms with Gasteiger partial charge in [0.25, 0.3) is 0 Å². The molecular weight excluding hydrogens is 250 g/mol. The van der Waals surface area contributed by atoms with Crippen molar-refractivity contribution in [1.29, 1.82) is 0 Å². The molecule has 4 heteroatoms. The van der Waals surface area contributed by atoms with Crippen LogP contribution in [0.5, 0.6) is 0 Å². The minimum absolute atomic E-state index is 0.0321. The van der Waals surface area contributed by atoms with E-state index in [0.29, 0.717) is 0 Å². The number of nitrogens with zero attached hydrogens (tertiary/aromatic N) is 2. The molecule has 2 aliphatic rings. The highest BCUT2D eigenvalue weighted by atomic mass is 16.2. The fraction of sp³-hybridized carbons (Fsp3) is 0.562. The third-order valence-electron chi connectivity index (χ3n) is 4.41. The van der Waals surface area contributed by atoms with Crippen molar-refractivity contribution in [3.63, 3.8) is 0 Å². The van der Waals surface area contributed by atoms with E-state index in [0.717, 1.165) is 39.0 Å². The molecule has 2 saturated heterocycles. The highest BCUT2D eigenvalue weighted by Gasteiger charge is 2.34. The number of amides is 1. The monoisotopic (exact) mass is 273 g/mol. The van der Waals surface area contributed by atoms with Crippen molar-refractivity contribution >= 4 is 5.91 Å². The van der Waals surface area contributed by atoms with Gasteiger partial charge in [-0.3, -0.25) is 4.79 Å². The fourth-order valence-corrected chi connectivity index (χ4v) is 3.24. The molecular formula is C16H23N3O. The number of hydrogen-bond acceptors (Lipinski definition) is 3. The molecule has 1 aromatic carbocycles. The van der Waals surface area contributed by atoms with Crippen LogP contribution in [0.2, 0.25) is 0 Å². The average molecular weight is 273 g/mol. The third kappa shape index (κ3) is 2.72. The van der Waals surface area contributed by atoms with Crippen LogP contribution in [0, 0.1) is 0 Å². The maximum Gasteiger partial charge on any atom is 0.240 e. The Morgan fingerprint density at radius 1 is 1.25 bits per heavy atom. The molecule has 1 amide bonds. The van der Waals surface area contributed by atoms with Gasteiger partial charge in [-0.25, -0.2) is 0 Å². The summed E-state index contributed by atoms with van der Waals surface area (Å²) in [6.45, 7) is 3.68. The van der Waals surface area contributed by atoms with Gasteiger partial charge in [0, 0.05) is 19.6 Å². The molecule has 20 heavy (non-hydrogen) atoms. The summed E-state index contributed by atoms with van der Waals surface area (Å²) in [5.41, 5.74) is 1.24. The zero-order valence-electron chi connectivity index (χ0n) is 12.1. The van der Waals surface area contributed by atoms with Gasteiger partial charge in [0.1, 0.15) is 0 Å². The second-order valence-corrected chi connectivity index (χ2v) is 5.87. The Morgan fingerprint density at radius 3 is 2.75 bits per heavy atom. The number of hydrogen-bond donors (Lipinski definition) is 1. The Morgan fingerprint density at radius 2 is 2.05 bits per heavy atom. The summed E-state index contributed by atoms with van der Waals surface area (Å²) in [5.74, 6) is 0.282. The van der Waals surface area contributed by atoms with Gasteiger partial charge in [-0.1, -0.05) is 30.3 Å². The molecule has 0 saturated carbocycles. The summed E-state index contributed by atoms with van der Waals surface area (Å²) in [4.78, 5) is 17.1. The van der Waals surface area contributed by atoms with Crippen LogP contribution in [0.4, 0.5) is 0 Å². The Bertz CT molecular complexity index is 456. The minimum Gasteiger partial charge on any atom is -0.332 e. The van der Waals surface area contributed by atoms with Crippen molar-refractivity contribution in [3.8, 4) is 0 Å². The smallest absolute Gasteiger partial charge is 0.240 e. The quantitative estimate of drug-likeness (QED) is 0.881. The summed E-state index contributed by atoms with van der Waals surface area (Å²) in [6.07, 6.45) is 2.09. The van der Waals surface area contributed by atoms with Crippen molar-refractivity contribution in [1.82, 2.24) is 15.1 Å². The number of rotatable bonds is 2. The predicted octanol–water partition coefficient (Wildman–Crippen LogP) is 1.25. The molecule has 0 radical (unpaired) electrons. The van der Waals surface area contributed by atoms with Crippen LogP contribution in [0.25, 0.3) is 0 Å². The Balaban J connectivity index is 1.81. The Hall–Kier alpha value is -1.39. The maximum absolute atomic E-state index is 12.7. The van der Waals surface area contributed by atoms with Crippen LogP contribution < -0.4 is 5.32 Å². The van der Waals surface area contributed by atoms with Crippen LogP contribution in [-0.2, 0) is 4.79 Å². The van der Waals surface area contributed by atoms with Gasteiger partial charge in [-0.05, 0) is 32.0 Å². The van der Waals surface area contributed by atoms with Gasteiger partial charge in [-0.15, -0.1) is 0 Å². The first kappa shape index (κ1) is 13.6. The number of nitrogens with one attached hydrogen (secondary N) is 1. The van der Waals surface area contributed by atoms with E-state index < -0.39 is 0 Å². The normalized spacial score (nSPS) is 27.8. The van der Waals surface area contributed by atoms with Crippen molar-refractivity contribution in [2.45, 2.75) is 24.9 Å². The van der Waals surface area contributed by atoms with Crippen LogP contribution in [0.3, 0.4) is 0 Å². The maximum atomic E-state index is 12.7. The van der Waals surface area contributed by atoms with Gasteiger partial charge in [0.05, 0.1) is 12.1 Å². The van der Waals surface area contributed by atoms with Crippen LogP contribution in [0.15, 0.2) is 30.3 Å². The molecule has 0 bridgehead atoms. The number of piperazine rings is 1. The van der Waals surface area contributed by atoms with E-state index in [9.17, 15) is 4.79 Å². The van der Waals surface area contributed by atoms with Crippen molar-refractivity contribution in [3.05, 3.63) is 35.9 Å². The predicted molar refractivity (Wildman–Crippen MR) is 79.4 cm³/mol. The Labute approximate surface area is 120 Å². The molecule has 4 nitrogen and oxygen atoms in total. The van der Waals surface area contributed by atoms with E-state index in [-0.39, 0.29) is 18.0 Å². The second-order valence-electron chi connectivity index (χ2n) is 5.87. The molecule has 1 aromatic rings. The highest BCUT2D eigenvalue weighted by Crippen LogP contribution is 2.26. The van der Waals surface area contributed by atoms with Crippen molar-refractivity contribution in [2.75, 3.05) is 33.2 Å². The Kier molecular flexibility index (Phi) is 4.03. The van der Waals surface area contributed by atoms with Crippen LogP contribution in [0.1, 0.15) is 24.4 Å². The SMILES string of the molecule is CN1CCN(C(=O)[C@@H]2CCCN2)C(c2ccccc2)C1. The second kappa shape index (κ2) is 5.94. The minimum atomic E-state index is 0.0321. The molecule has 2 aliphatic heterocycles. The fourth-order valence-electron chi connectivity index (χ4n) is 3.24. The lowest BCUT2D eigenvalue weighted by atomic mass is 10.0. The summed E-state index contributed by atoms with van der Waals surface area (Å²) in [6, 6.07) is 10.6. The lowest BCUT2D eigenvalue weighted by Crippen LogP contribution is -2.53. The van der Waals surface area contributed by atoms with Gasteiger partial charge in [0.15, 0.2) is 0 Å². The van der Waals surface area contributed by atoms with E-state index in [1.807, 2.05) is 6.07 Å². The molecule has 1 N–H and O–H groups in total. The first-order valence-corrected chi connectivity index (χ1v) is 7.53. The molecule has 2 heterocycles. The van der Waals surface area contributed by atoms with Crippen LogP contribution in [-0.4, -0.2) is 55.0 Å². The number of carbonyl (C=O) groups excluding carboxylic acids is 1. The largest absolute Gasteiger partial charge is 0.332 e. The van der Waals surface area contributed by atoms with E-state index in [1.165, 1.54) is 5.56 Å². The molecule has 1 unspecified atom stereocenters. The average Bonchev–Trinajstić information content (AvgIpc) is 3.02. The van der Waals surface area contributed by atoms with E-state index >= 15 is 0 Å². The molecule has 0 aliphatic carbocycles. The zero-order valence-corrected chi connectivity index (χ0v) is 12.1. The standard InChI is InChI=1S/C16H23N3O/c1-18-10-11-19(16(20)14-8-5-9-17-14)15(12-18)13-6-3-2-4-7-13/h2-4,6-7,14-15,17H,5,8-12H2,1H3/t14-,15?/m0/s1. The van der Waals surface area contributed by atoms with Gasteiger partial charge in [0.2, 0.25) is 5.91 Å². The van der Waals surface area contributed by atoms with Crippen molar-refractivity contribution < 1.29 is 4.79 Å². The van der Waals surface area contributed by atoms with E-state index in [2.05, 4.69) is 46.4 Å². The lowest BCUT2D eigenvalue weighted by Gasteiger charge is -2.41. The first-order valence-electron chi connectivity index (χ1n) is 7.53. The number of benzene rings is 1. The lowest BCUT2D eigenvalue weighted by molar-refractivity contribution is -0.138. The summed E-state index contributed by atoms with van der Waals surface area (Å²) in [5, 5.41) is 3.33. The summed E-state index contributed by atoms with van der Waals surface area (Å²) < 4.78 is 0.